The Hall–Kier alpha value is -2.21. The van der Waals surface area contributed by atoms with E-state index in [1.807, 2.05) is 13.8 Å². The molecule has 0 fully saturated rings. The van der Waals surface area contributed by atoms with Crippen LogP contribution in [-0.4, -0.2) is 9.91 Å². The van der Waals surface area contributed by atoms with Crippen molar-refractivity contribution in [2.24, 2.45) is 0 Å². The van der Waals surface area contributed by atoms with Crippen LogP contribution < -0.4 is 5.32 Å². The Labute approximate surface area is 152 Å². The molecule has 0 bridgehead atoms. The first-order valence-corrected chi connectivity index (χ1v) is 8.32. The Morgan fingerprint density at radius 3 is 2.64 bits per heavy atom. The smallest absolute Gasteiger partial charge is 0.290 e. The number of hydrogen-bond acceptors (Lipinski definition) is 4. The summed E-state index contributed by atoms with van der Waals surface area (Å²) in [6, 6.07) is 2.74. The minimum Gasteiger partial charge on any atom is -0.376 e. The van der Waals surface area contributed by atoms with Crippen LogP contribution in [0.3, 0.4) is 0 Å². The summed E-state index contributed by atoms with van der Waals surface area (Å²) in [7, 11) is 0. The first kappa shape index (κ1) is 20.8. The van der Waals surface area contributed by atoms with Gasteiger partial charge in [-0.1, -0.05) is 30.2 Å². The van der Waals surface area contributed by atoms with Crippen molar-refractivity contribution in [2.75, 3.05) is 0 Å². The van der Waals surface area contributed by atoms with Crippen LogP contribution in [0.5, 0.6) is 0 Å². The van der Waals surface area contributed by atoms with Gasteiger partial charge < -0.3 is 5.32 Å². The van der Waals surface area contributed by atoms with Gasteiger partial charge in [0.1, 0.15) is 0 Å². The number of nitrogens with zero attached hydrogens (tertiary/aromatic N) is 2. The third kappa shape index (κ3) is 5.67. The Balaban J connectivity index is 3.21. The Morgan fingerprint density at radius 1 is 1.48 bits per heavy atom. The lowest BCUT2D eigenvalue weighted by atomic mass is 10.1. The van der Waals surface area contributed by atoms with E-state index >= 15 is 0 Å². The second kappa shape index (κ2) is 9.32. The average molecular weight is 368 g/mol. The molecule has 25 heavy (non-hydrogen) atoms. The van der Waals surface area contributed by atoms with Crippen molar-refractivity contribution in [3.63, 3.8) is 0 Å². The van der Waals surface area contributed by atoms with Crippen LogP contribution >= 0.6 is 11.6 Å². The summed E-state index contributed by atoms with van der Waals surface area (Å²) in [5, 5.41) is 15.0. The summed E-state index contributed by atoms with van der Waals surface area (Å²) in [5.74, 6) is -0.602. The van der Waals surface area contributed by atoms with Crippen molar-refractivity contribution in [1.29, 1.82) is 0 Å². The third-order valence-corrected chi connectivity index (χ3v) is 4.31. The van der Waals surface area contributed by atoms with E-state index in [9.17, 15) is 14.5 Å². The van der Waals surface area contributed by atoms with E-state index in [2.05, 4.69) is 10.3 Å². The summed E-state index contributed by atoms with van der Waals surface area (Å²) in [6.45, 7) is 8.77. The molecule has 0 aromatic carbocycles. The van der Waals surface area contributed by atoms with Crippen LogP contribution in [0.4, 0.5) is 4.39 Å². The number of nitro groups is 1. The van der Waals surface area contributed by atoms with Crippen molar-refractivity contribution in [3.05, 3.63) is 73.6 Å². The van der Waals surface area contributed by atoms with E-state index in [4.69, 9.17) is 11.6 Å². The van der Waals surface area contributed by atoms with Gasteiger partial charge in [0.05, 0.1) is 16.7 Å². The van der Waals surface area contributed by atoms with Gasteiger partial charge in [0.2, 0.25) is 5.95 Å². The molecule has 5 nitrogen and oxygen atoms in total. The maximum atomic E-state index is 13.8. The average Bonchev–Trinajstić information content (AvgIpc) is 2.53. The van der Waals surface area contributed by atoms with Gasteiger partial charge in [0.15, 0.2) is 0 Å². The number of hydrogen-bond donors (Lipinski definition) is 1. The van der Waals surface area contributed by atoms with Gasteiger partial charge in [-0.25, -0.2) is 4.98 Å². The highest BCUT2D eigenvalue weighted by atomic mass is 35.5. The third-order valence-electron chi connectivity index (χ3n) is 3.88. The number of allylic oxidation sites excluding steroid dienone is 5. The second-order valence-corrected chi connectivity index (χ2v) is 6.20. The van der Waals surface area contributed by atoms with Crippen LogP contribution in [-0.2, 0) is 0 Å². The summed E-state index contributed by atoms with van der Waals surface area (Å²) in [6.07, 6.45) is 3.70. The van der Waals surface area contributed by atoms with Crippen LogP contribution in [0.2, 0.25) is 0 Å². The molecule has 1 N–H and O–H groups in total. The van der Waals surface area contributed by atoms with E-state index < -0.39 is 16.9 Å². The molecular formula is C18H23ClFN3O2. The number of nitrogens with one attached hydrogen (secondary N) is 1. The molecule has 1 aromatic heterocycles. The molecule has 0 radical (unpaired) electrons. The minimum absolute atomic E-state index is 0.0850. The summed E-state index contributed by atoms with van der Waals surface area (Å²) < 4.78 is 13.8. The Morgan fingerprint density at radius 2 is 2.12 bits per heavy atom. The number of pyridine rings is 1. The van der Waals surface area contributed by atoms with Crippen LogP contribution in [0, 0.1) is 16.1 Å². The molecule has 0 amide bonds. The molecule has 1 atom stereocenters. The molecule has 1 aromatic rings. The number of halogens is 2. The maximum absolute atomic E-state index is 13.8. The minimum atomic E-state index is -0.602. The van der Waals surface area contributed by atoms with E-state index in [1.54, 1.807) is 39.0 Å². The molecule has 1 heterocycles. The lowest BCUT2D eigenvalue weighted by molar-refractivity contribution is -0.422. The Bertz CT molecular complexity index is 742. The van der Waals surface area contributed by atoms with Gasteiger partial charge in [0.25, 0.3) is 5.70 Å². The fraction of sp³-hybridized carbons (Fsp3) is 0.389. The molecular weight excluding hydrogens is 345 g/mol. The summed E-state index contributed by atoms with van der Waals surface area (Å²) in [4.78, 5) is 14.6. The topological polar surface area (TPSA) is 68.1 Å². The highest BCUT2D eigenvalue weighted by Crippen LogP contribution is 2.23. The first-order chi connectivity index (χ1) is 11.7. The molecule has 0 aliphatic carbocycles. The largest absolute Gasteiger partial charge is 0.376 e. The zero-order valence-electron chi connectivity index (χ0n) is 15.1. The SMILES string of the molecule is CC/C(C)=C(Cl)/C=C(C)\C(=C(/C)NC(C)c1cccnc1F)[N+](=O)[O-]. The zero-order chi connectivity index (χ0) is 19.1. The molecule has 0 aliphatic rings. The van der Waals surface area contributed by atoms with Crippen molar-refractivity contribution >= 4 is 11.6 Å². The molecule has 0 spiro atoms. The molecule has 0 saturated carbocycles. The number of rotatable bonds is 7. The molecule has 1 unspecified atom stereocenters. The Kier molecular flexibility index (Phi) is 7.77. The van der Waals surface area contributed by atoms with Crippen LogP contribution in [0.1, 0.15) is 52.6 Å². The van der Waals surface area contributed by atoms with Gasteiger partial charge in [0, 0.05) is 22.4 Å². The van der Waals surface area contributed by atoms with E-state index in [0.717, 1.165) is 12.0 Å². The predicted molar refractivity (Wildman–Crippen MR) is 98.0 cm³/mol. The first-order valence-electron chi connectivity index (χ1n) is 7.95. The second-order valence-electron chi connectivity index (χ2n) is 5.79. The van der Waals surface area contributed by atoms with Crippen LogP contribution in [0.25, 0.3) is 0 Å². The predicted octanol–water partition coefficient (Wildman–Crippen LogP) is 5.25. The highest BCUT2D eigenvalue weighted by Gasteiger charge is 2.21. The van der Waals surface area contributed by atoms with Crippen molar-refractivity contribution in [1.82, 2.24) is 10.3 Å². The fourth-order valence-electron chi connectivity index (χ4n) is 2.32. The lowest BCUT2D eigenvalue weighted by Crippen LogP contribution is -2.21. The zero-order valence-corrected chi connectivity index (χ0v) is 15.8. The van der Waals surface area contributed by atoms with Gasteiger partial charge >= 0.3 is 0 Å². The van der Waals surface area contributed by atoms with Crippen molar-refractivity contribution in [3.8, 4) is 0 Å². The summed E-state index contributed by atoms with van der Waals surface area (Å²) in [5.41, 5.74) is 1.95. The molecule has 1 rings (SSSR count). The maximum Gasteiger partial charge on any atom is 0.290 e. The van der Waals surface area contributed by atoms with Crippen LogP contribution in [0.15, 0.2) is 52.0 Å². The van der Waals surface area contributed by atoms with E-state index in [0.29, 0.717) is 21.9 Å². The van der Waals surface area contributed by atoms with Gasteiger partial charge in [-0.05, 0) is 46.3 Å². The highest BCUT2D eigenvalue weighted by molar-refractivity contribution is 6.31. The molecule has 0 saturated heterocycles. The van der Waals surface area contributed by atoms with Gasteiger partial charge in [-0.2, -0.15) is 4.39 Å². The lowest BCUT2D eigenvalue weighted by Gasteiger charge is -2.16. The van der Waals surface area contributed by atoms with E-state index in [-0.39, 0.29) is 5.70 Å². The quantitative estimate of drug-likeness (QED) is 0.309. The normalized spacial score (nSPS) is 15.2. The molecule has 136 valence electrons. The summed E-state index contributed by atoms with van der Waals surface area (Å²) >= 11 is 6.18. The van der Waals surface area contributed by atoms with Gasteiger partial charge in [-0.15, -0.1) is 0 Å². The standard InChI is InChI=1S/C18H23ClFN3O2/c1-6-11(2)16(19)10-12(3)17(23(24)25)14(5)22-13(4)15-8-7-9-21-18(15)20/h7-10,13,22H,6H2,1-5H3/b12-10-,16-11-,17-14-. The van der Waals surface area contributed by atoms with Crippen molar-refractivity contribution in [2.45, 2.75) is 47.1 Å². The van der Waals surface area contributed by atoms with E-state index in [1.165, 1.54) is 6.20 Å². The number of aromatic nitrogens is 1. The van der Waals surface area contributed by atoms with Crippen molar-refractivity contribution < 1.29 is 9.31 Å². The molecule has 0 aliphatic heterocycles. The monoisotopic (exact) mass is 367 g/mol. The fourth-order valence-corrected chi connectivity index (χ4v) is 2.62. The molecule has 7 heteroatoms. The van der Waals surface area contributed by atoms with Gasteiger partial charge in [-0.3, -0.25) is 10.1 Å².